The quantitative estimate of drug-likeness (QED) is 0.795. The van der Waals surface area contributed by atoms with Gasteiger partial charge in [0.15, 0.2) is 0 Å². The van der Waals surface area contributed by atoms with Crippen LogP contribution in [0.3, 0.4) is 0 Å². The average molecular weight is 245 g/mol. The lowest BCUT2D eigenvalue weighted by molar-refractivity contribution is 0.204. The number of rotatable bonds is 5. The van der Waals surface area contributed by atoms with Gasteiger partial charge in [-0.3, -0.25) is 0 Å². The lowest BCUT2D eigenvalue weighted by Crippen LogP contribution is -2.01. The predicted molar refractivity (Wildman–Crippen MR) is 68.8 cm³/mol. The first-order chi connectivity index (χ1) is 7.15. The molecule has 0 aliphatic carbocycles. The van der Waals surface area contributed by atoms with E-state index < -0.39 is 6.10 Å². The van der Waals surface area contributed by atoms with E-state index in [-0.39, 0.29) is 0 Å². The van der Waals surface area contributed by atoms with Gasteiger partial charge in [0.1, 0.15) is 0 Å². The van der Waals surface area contributed by atoms with Crippen molar-refractivity contribution in [3.63, 3.8) is 0 Å². The Hall–Kier alpha value is -0.180. The van der Waals surface area contributed by atoms with Crippen LogP contribution in [0.2, 0.25) is 5.02 Å². The Labute approximate surface area is 101 Å². The summed E-state index contributed by atoms with van der Waals surface area (Å²) in [6.45, 7) is 4.10. The Balaban J connectivity index is 2.57. The molecule has 0 saturated carbocycles. The molecule has 1 aromatic carbocycles. The van der Waals surface area contributed by atoms with Crippen molar-refractivity contribution < 1.29 is 5.11 Å². The molecule has 84 valence electrons. The summed E-state index contributed by atoms with van der Waals surface area (Å²) in [5, 5.41) is 10.6. The minimum Gasteiger partial charge on any atom is -0.388 e. The minimum atomic E-state index is -0.403. The van der Waals surface area contributed by atoms with Gasteiger partial charge in [-0.05, 0) is 36.3 Å². The summed E-state index contributed by atoms with van der Waals surface area (Å²) in [4.78, 5) is 0. The topological polar surface area (TPSA) is 20.2 Å². The predicted octanol–water partition coefficient (Wildman–Crippen LogP) is 3.83. The maximum atomic E-state index is 9.88. The normalized spacial score (nSPS) is 12.8. The van der Waals surface area contributed by atoms with Gasteiger partial charge < -0.3 is 5.11 Å². The molecular formula is C12H17ClOS. The zero-order valence-corrected chi connectivity index (χ0v) is 10.7. The number of hydrogen-bond donors (Lipinski definition) is 1. The van der Waals surface area contributed by atoms with Crippen LogP contribution in [-0.2, 0) is 0 Å². The first kappa shape index (κ1) is 12.9. The van der Waals surface area contributed by atoms with Gasteiger partial charge in [-0.1, -0.05) is 30.7 Å². The highest BCUT2D eigenvalue weighted by molar-refractivity contribution is 7.99. The molecule has 0 radical (unpaired) electrons. The largest absolute Gasteiger partial charge is 0.388 e. The molecule has 0 fully saturated rings. The molecule has 0 aliphatic rings. The summed E-state index contributed by atoms with van der Waals surface area (Å²) in [7, 11) is 0. The average Bonchev–Trinajstić information content (AvgIpc) is 2.22. The molecule has 0 bridgehead atoms. The highest BCUT2D eigenvalue weighted by atomic mass is 35.5. The first-order valence-corrected chi connectivity index (χ1v) is 6.70. The van der Waals surface area contributed by atoms with Crippen LogP contribution in [0.25, 0.3) is 0 Å². The Morgan fingerprint density at radius 1 is 1.47 bits per heavy atom. The third-order valence-corrected chi connectivity index (χ3v) is 3.86. The number of benzene rings is 1. The van der Waals surface area contributed by atoms with Crippen LogP contribution in [-0.4, -0.2) is 16.6 Å². The Morgan fingerprint density at radius 3 is 2.80 bits per heavy atom. The van der Waals surface area contributed by atoms with Crippen molar-refractivity contribution in [2.75, 3.05) is 11.5 Å². The van der Waals surface area contributed by atoms with Gasteiger partial charge in [0.25, 0.3) is 0 Å². The minimum absolute atomic E-state index is 0.403. The summed E-state index contributed by atoms with van der Waals surface area (Å²) < 4.78 is 0. The molecule has 0 aromatic heterocycles. The molecule has 0 aliphatic heterocycles. The van der Waals surface area contributed by atoms with E-state index in [0.717, 1.165) is 34.1 Å². The van der Waals surface area contributed by atoms with Gasteiger partial charge in [0.2, 0.25) is 0 Å². The number of aliphatic hydroxyl groups is 1. The van der Waals surface area contributed by atoms with Crippen LogP contribution in [0.15, 0.2) is 18.2 Å². The molecular weight excluding hydrogens is 228 g/mol. The van der Waals surface area contributed by atoms with Crippen molar-refractivity contribution in [3.8, 4) is 0 Å². The SMILES string of the molecule is CCCSCC(O)c1ccc(C)c(Cl)c1. The van der Waals surface area contributed by atoms with Gasteiger partial charge in [-0.2, -0.15) is 11.8 Å². The van der Waals surface area contributed by atoms with Crippen LogP contribution in [0.1, 0.15) is 30.6 Å². The van der Waals surface area contributed by atoms with E-state index in [2.05, 4.69) is 6.92 Å². The van der Waals surface area contributed by atoms with E-state index in [0.29, 0.717) is 0 Å². The number of aliphatic hydroxyl groups excluding tert-OH is 1. The van der Waals surface area contributed by atoms with E-state index in [1.807, 2.05) is 25.1 Å². The van der Waals surface area contributed by atoms with Crippen molar-refractivity contribution in [3.05, 3.63) is 34.3 Å². The number of aryl methyl sites for hydroxylation is 1. The molecule has 15 heavy (non-hydrogen) atoms. The lowest BCUT2D eigenvalue weighted by Gasteiger charge is -2.11. The van der Waals surface area contributed by atoms with Crippen molar-refractivity contribution in [2.45, 2.75) is 26.4 Å². The monoisotopic (exact) mass is 244 g/mol. The summed E-state index contributed by atoms with van der Waals surface area (Å²) in [5.74, 6) is 1.84. The molecule has 0 saturated heterocycles. The van der Waals surface area contributed by atoms with Crippen molar-refractivity contribution >= 4 is 23.4 Å². The van der Waals surface area contributed by atoms with E-state index in [4.69, 9.17) is 11.6 Å². The van der Waals surface area contributed by atoms with Crippen LogP contribution in [0.5, 0.6) is 0 Å². The molecule has 0 spiro atoms. The maximum absolute atomic E-state index is 9.88. The Bertz CT molecular complexity index is 314. The first-order valence-electron chi connectivity index (χ1n) is 5.17. The van der Waals surface area contributed by atoms with E-state index in [1.165, 1.54) is 0 Å². The van der Waals surface area contributed by atoms with Crippen LogP contribution in [0.4, 0.5) is 0 Å². The van der Waals surface area contributed by atoms with Gasteiger partial charge in [-0.25, -0.2) is 0 Å². The van der Waals surface area contributed by atoms with E-state index >= 15 is 0 Å². The van der Waals surface area contributed by atoms with E-state index in [1.54, 1.807) is 11.8 Å². The Morgan fingerprint density at radius 2 is 2.20 bits per heavy atom. The summed E-state index contributed by atoms with van der Waals surface area (Å²) in [6, 6.07) is 5.75. The fourth-order valence-corrected chi connectivity index (χ4v) is 2.31. The van der Waals surface area contributed by atoms with Crippen molar-refractivity contribution in [1.29, 1.82) is 0 Å². The smallest absolute Gasteiger partial charge is 0.0880 e. The van der Waals surface area contributed by atoms with Gasteiger partial charge >= 0.3 is 0 Å². The molecule has 3 heteroatoms. The second-order valence-corrected chi connectivity index (χ2v) is 5.16. The second kappa shape index (κ2) is 6.41. The lowest BCUT2D eigenvalue weighted by atomic mass is 10.1. The third-order valence-electron chi connectivity index (χ3n) is 2.20. The molecule has 0 amide bonds. The Kier molecular flexibility index (Phi) is 5.51. The summed E-state index contributed by atoms with van der Waals surface area (Å²) in [6.07, 6.45) is 0.742. The zero-order valence-electron chi connectivity index (χ0n) is 9.16. The van der Waals surface area contributed by atoms with Gasteiger partial charge in [0, 0.05) is 10.8 Å². The summed E-state index contributed by atoms with van der Waals surface area (Å²) >= 11 is 7.77. The zero-order chi connectivity index (χ0) is 11.3. The summed E-state index contributed by atoms with van der Waals surface area (Å²) in [5.41, 5.74) is 1.96. The fraction of sp³-hybridized carbons (Fsp3) is 0.500. The van der Waals surface area contributed by atoms with Crippen LogP contribution < -0.4 is 0 Å². The molecule has 0 heterocycles. The molecule has 1 atom stereocenters. The highest BCUT2D eigenvalue weighted by Crippen LogP contribution is 2.23. The number of hydrogen-bond acceptors (Lipinski definition) is 2. The van der Waals surface area contributed by atoms with Crippen LogP contribution >= 0.6 is 23.4 Å². The van der Waals surface area contributed by atoms with E-state index in [9.17, 15) is 5.11 Å². The third kappa shape index (κ3) is 4.06. The molecule has 1 N–H and O–H groups in total. The molecule has 1 rings (SSSR count). The highest BCUT2D eigenvalue weighted by Gasteiger charge is 2.08. The van der Waals surface area contributed by atoms with Crippen molar-refractivity contribution in [1.82, 2.24) is 0 Å². The maximum Gasteiger partial charge on any atom is 0.0880 e. The second-order valence-electron chi connectivity index (χ2n) is 3.60. The van der Waals surface area contributed by atoms with Gasteiger partial charge in [-0.15, -0.1) is 0 Å². The standard InChI is InChI=1S/C12H17ClOS/c1-3-6-15-8-12(14)10-5-4-9(2)11(13)7-10/h4-5,7,12,14H,3,6,8H2,1-2H3. The van der Waals surface area contributed by atoms with Crippen LogP contribution in [0, 0.1) is 6.92 Å². The molecule has 1 unspecified atom stereocenters. The number of halogens is 1. The molecule has 1 nitrogen and oxygen atoms in total. The van der Waals surface area contributed by atoms with Gasteiger partial charge in [0.05, 0.1) is 6.10 Å². The fourth-order valence-electron chi connectivity index (χ4n) is 1.25. The molecule has 1 aromatic rings. The van der Waals surface area contributed by atoms with Crippen molar-refractivity contribution in [2.24, 2.45) is 0 Å². The number of thioether (sulfide) groups is 1.